The number of hydrogen-bond acceptors (Lipinski definition) is 5. The Morgan fingerprint density at radius 3 is 2.70 bits per heavy atom. The van der Waals surface area contributed by atoms with E-state index in [-0.39, 0.29) is 36.1 Å². The van der Waals surface area contributed by atoms with Crippen molar-refractivity contribution in [3.05, 3.63) is 65.2 Å². The molecule has 1 fully saturated rings. The fraction of sp³-hybridized carbons (Fsp3) is 0.360. The van der Waals surface area contributed by atoms with E-state index < -0.39 is 0 Å². The molecule has 3 unspecified atom stereocenters. The second-order valence-electron chi connectivity index (χ2n) is 8.37. The zero-order chi connectivity index (χ0) is 23.4. The molecule has 0 saturated heterocycles. The van der Waals surface area contributed by atoms with Gasteiger partial charge in [-0.15, -0.1) is 10.2 Å². The highest BCUT2D eigenvalue weighted by atomic mass is 35.5. The number of amides is 2. The van der Waals surface area contributed by atoms with Crippen molar-refractivity contribution in [3.63, 3.8) is 0 Å². The molecule has 0 aliphatic heterocycles. The molecule has 1 N–H and O–H groups in total. The average molecular weight is 483 g/mol. The van der Waals surface area contributed by atoms with Crippen LogP contribution >= 0.6 is 22.9 Å². The normalized spacial score (nSPS) is 17.9. The molecule has 2 aromatic carbocycles. The van der Waals surface area contributed by atoms with Crippen molar-refractivity contribution in [1.82, 2.24) is 15.1 Å². The van der Waals surface area contributed by atoms with Gasteiger partial charge in [0.2, 0.25) is 16.9 Å². The molecule has 1 aliphatic carbocycles. The molecule has 0 spiro atoms. The molecular weight excluding hydrogens is 456 g/mol. The third-order valence-electron chi connectivity index (χ3n) is 6.06. The van der Waals surface area contributed by atoms with Crippen molar-refractivity contribution < 1.29 is 9.59 Å². The van der Waals surface area contributed by atoms with Gasteiger partial charge in [-0.3, -0.25) is 9.59 Å². The van der Waals surface area contributed by atoms with Crippen LogP contribution in [0, 0.1) is 5.92 Å². The molecule has 2 amide bonds. The summed E-state index contributed by atoms with van der Waals surface area (Å²) in [5.41, 5.74) is 2.07. The number of anilines is 1. The lowest BCUT2D eigenvalue weighted by molar-refractivity contribution is -0.135. The summed E-state index contributed by atoms with van der Waals surface area (Å²) in [6.45, 7) is 4.49. The van der Waals surface area contributed by atoms with Crippen LogP contribution in [0.2, 0.25) is 5.02 Å². The van der Waals surface area contributed by atoms with E-state index in [9.17, 15) is 9.59 Å². The van der Waals surface area contributed by atoms with E-state index in [0.29, 0.717) is 21.7 Å². The van der Waals surface area contributed by atoms with Crippen LogP contribution < -0.4 is 5.32 Å². The molecule has 1 heterocycles. The molecule has 0 radical (unpaired) electrons. The van der Waals surface area contributed by atoms with Crippen molar-refractivity contribution in [2.75, 3.05) is 11.9 Å². The van der Waals surface area contributed by atoms with Crippen molar-refractivity contribution in [3.8, 4) is 10.6 Å². The number of carbonyl (C=O) groups excluding carboxylic acids is 2. The Labute approximate surface area is 203 Å². The summed E-state index contributed by atoms with van der Waals surface area (Å²) in [5.74, 6) is 0.253. The number of benzene rings is 2. The molecule has 6 nitrogen and oxygen atoms in total. The minimum Gasteiger partial charge on any atom is -0.339 e. The summed E-state index contributed by atoms with van der Waals surface area (Å²) in [5, 5.41) is 12.8. The van der Waals surface area contributed by atoms with Crippen molar-refractivity contribution in [1.29, 1.82) is 0 Å². The third kappa shape index (κ3) is 5.78. The molecule has 8 heteroatoms. The first kappa shape index (κ1) is 23.4. The molecule has 3 atom stereocenters. The zero-order valence-corrected chi connectivity index (χ0v) is 20.3. The summed E-state index contributed by atoms with van der Waals surface area (Å²) in [6.07, 6.45) is 1.93. The molecule has 1 aliphatic rings. The summed E-state index contributed by atoms with van der Waals surface area (Å²) >= 11 is 7.34. The SMILES string of the molecule is CCC(C)N(CCC(=O)Nc1nnc(-c2cccc(Cl)c2)s1)C(=O)C1CC1c1ccccc1. The number of nitrogens with one attached hydrogen (secondary N) is 1. The van der Waals surface area contributed by atoms with Gasteiger partial charge in [0.25, 0.3) is 0 Å². The van der Waals surface area contributed by atoms with Gasteiger partial charge >= 0.3 is 0 Å². The van der Waals surface area contributed by atoms with Gasteiger partial charge in [-0.2, -0.15) is 0 Å². The van der Waals surface area contributed by atoms with Crippen LogP contribution in [0.25, 0.3) is 10.6 Å². The molecule has 0 bridgehead atoms. The number of halogens is 1. The Morgan fingerprint density at radius 1 is 1.18 bits per heavy atom. The third-order valence-corrected chi connectivity index (χ3v) is 7.19. The first-order valence-electron chi connectivity index (χ1n) is 11.2. The van der Waals surface area contributed by atoms with E-state index in [1.165, 1.54) is 16.9 Å². The minimum absolute atomic E-state index is 0.00729. The molecule has 4 rings (SSSR count). The highest BCUT2D eigenvalue weighted by molar-refractivity contribution is 7.18. The fourth-order valence-corrected chi connectivity index (χ4v) is 4.88. The molecule has 172 valence electrons. The summed E-state index contributed by atoms with van der Waals surface area (Å²) in [4.78, 5) is 27.7. The predicted octanol–water partition coefficient (Wildman–Crippen LogP) is 5.62. The van der Waals surface area contributed by atoms with Gasteiger partial charge in [-0.05, 0) is 43.4 Å². The van der Waals surface area contributed by atoms with Gasteiger partial charge in [0.05, 0.1) is 0 Å². The van der Waals surface area contributed by atoms with Gasteiger partial charge in [0.15, 0.2) is 0 Å². The second-order valence-corrected chi connectivity index (χ2v) is 9.78. The van der Waals surface area contributed by atoms with Crippen LogP contribution in [-0.4, -0.2) is 39.5 Å². The number of nitrogens with zero attached hydrogens (tertiary/aromatic N) is 3. The lowest BCUT2D eigenvalue weighted by atomic mass is 10.1. The van der Waals surface area contributed by atoms with Crippen molar-refractivity contribution >= 4 is 39.9 Å². The maximum Gasteiger partial charge on any atom is 0.227 e. The van der Waals surface area contributed by atoms with E-state index >= 15 is 0 Å². The van der Waals surface area contributed by atoms with Crippen LogP contribution in [0.1, 0.15) is 44.6 Å². The Hall–Kier alpha value is -2.77. The highest BCUT2D eigenvalue weighted by Crippen LogP contribution is 2.48. The van der Waals surface area contributed by atoms with Crippen LogP contribution in [-0.2, 0) is 9.59 Å². The molecule has 3 aromatic rings. The standard InChI is InChI=1S/C25H27ClN4O2S/c1-3-16(2)30(24(32)21-15-20(21)17-8-5-4-6-9-17)13-12-22(31)27-25-29-28-23(33-25)18-10-7-11-19(26)14-18/h4-11,14,16,20-21H,3,12-13,15H2,1-2H3,(H,27,29,31). The maximum absolute atomic E-state index is 13.2. The largest absolute Gasteiger partial charge is 0.339 e. The van der Waals surface area contributed by atoms with Gasteiger partial charge < -0.3 is 10.2 Å². The quantitative estimate of drug-likeness (QED) is 0.429. The van der Waals surface area contributed by atoms with E-state index in [2.05, 4.69) is 34.6 Å². The van der Waals surface area contributed by atoms with Gasteiger partial charge in [0, 0.05) is 35.5 Å². The first-order valence-corrected chi connectivity index (χ1v) is 12.4. The fourth-order valence-electron chi connectivity index (χ4n) is 3.93. The predicted molar refractivity (Wildman–Crippen MR) is 132 cm³/mol. The van der Waals surface area contributed by atoms with Crippen LogP contribution in [0.15, 0.2) is 54.6 Å². The van der Waals surface area contributed by atoms with Gasteiger partial charge in [-0.1, -0.05) is 72.3 Å². The Balaban J connectivity index is 1.34. The topological polar surface area (TPSA) is 75.2 Å². The summed E-state index contributed by atoms with van der Waals surface area (Å²) in [7, 11) is 0. The van der Waals surface area contributed by atoms with Crippen molar-refractivity contribution in [2.45, 2.75) is 45.1 Å². The van der Waals surface area contributed by atoms with Crippen LogP contribution in [0.5, 0.6) is 0 Å². The molecule has 1 aromatic heterocycles. The smallest absolute Gasteiger partial charge is 0.227 e. The Kier molecular flexibility index (Phi) is 7.40. The summed E-state index contributed by atoms with van der Waals surface area (Å²) in [6, 6.07) is 17.6. The minimum atomic E-state index is -0.180. The first-order chi connectivity index (χ1) is 16.0. The van der Waals surface area contributed by atoms with Crippen molar-refractivity contribution in [2.24, 2.45) is 5.92 Å². The number of carbonyl (C=O) groups is 2. The highest BCUT2D eigenvalue weighted by Gasteiger charge is 2.46. The number of hydrogen-bond donors (Lipinski definition) is 1. The Morgan fingerprint density at radius 2 is 1.97 bits per heavy atom. The van der Waals surface area contributed by atoms with E-state index in [0.717, 1.165) is 18.4 Å². The van der Waals surface area contributed by atoms with E-state index in [4.69, 9.17) is 11.6 Å². The monoisotopic (exact) mass is 482 g/mol. The number of rotatable bonds is 9. The average Bonchev–Trinajstić information content (AvgIpc) is 3.50. The maximum atomic E-state index is 13.2. The van der Waals surface area contributed by atoms with Gasteiger partial charge in [0.1, 0.15) is 5.01 Å². The molecular formula is C25H27ClN4O2S. The number of aromatic nitrogens is 2. The molecule has 1 saturated carbocycles. The van der Waals surface area contributed by atoms with E-state index in [1.807, 2.05) is 48.2 Å². The molecule has 33 heavy (non-hydrogen) atoms. The van der Waals surface area contributed by atoms with Crippen LogP contribution in [0.3, 0.4) is 0 Å². The van der Waals surface area contributed by atoms with E-state index in [1.54, 1.807) is 6.07 Å². The lowest BCUT2D eigenvalue weighted by Crippen LogP contribution is -2.41. The summed E-state index contributed by atoms with van der Waals surface area (Å²) < 4.78 is 0. The Bertz CT molecular complexity index is 1120. The second kappa shape index (κ2) is 10.4. The van der Waals surface area contributed by atoms with Gasteiger partial charge in [-0.25, -0.2) is 0 Å². The zero-order valence-electron chi connectivity index (χ0n) is 18.7. The van der Waals surface area contributed by atoms with Crippen LogP contribution in [0.4, 0.5) is 5.13 Å². The lowest BCUT2D eigenvalue weighted by Gasteiger charge is -2.29.